The standard InChI is InChI=1S/C8H5BrF2N2O/c9-5-1-4(14-8(10)11)2-6-7(5)13-3-12-6/h1-3,8H,(H,12,13). The molecule has 74 valence electrons. The fourth-order valence-corrected chi connectivity index (χ4v) is 1.69. The molecular weight excluding hydrogens is 258 g/mol. The Bertz CT molecular complexity index is 458. The number of rotatable bonds is 2. The summed E-state index contributed by atoms with van der Waals surface area (Å²) in [5, 5.41) is 0. The van der Waals surface area contributed by atoms with Crippen molar-refractivity contribution >= 4 is 27.0 Å². The monoisotopic (exact) mass is 262 g/mol. The van der Waals surface area contributed by atoms with Crippen molar-refractivity contribution in [3.05, 3.63) is 22.9 Å². The fourth-order valence-electron chi connectivity index (χ4n) is 1.15. The molecule has 0 saturated carbocycles. The van der Waals surface area contributed by atoms with Gasteiger partial charge in [0.1, 0.15) is 11.3 Å². The first-order valence-electron chi connectivity index (χ1n) is 3.74. The molecule has 0 aliphatic carbocycles. The van der Waals surface area contributed by atoms with Gasteiger partial charge in [0.15, 0.2) is 0 Å². The third kappa shape index (κ3) is 1.70. The van der Waals surface area contributed by atoms with Crippen LogP contribution >= 0.6 is 15.9 Å². The smallest absolute Gasteiger partial charge is 0.387 e. The molecule has 2 aromatic rings. The van der Waals surface area contributed by atoms with Crippen LogP contribution in [-0.4, -0.2) is 16.6 Å². The van der Waals surface area contributed by atoms with Gasteiger partial charge >= 0.3 is 6.61 Å². The van der Waals surface area contributed by atoms with E-state index in [-0.39, 0.29) is 5.75 Å². The Morgan fingerprint density at radius 1 is 1.43 bits per heavy atom. The molecule has 1 aromatic carbocycles. The number of hydrogen-bond donors (Lipinski definition) is 1. The minimum absolute atomic E-state index is 0.101. The summed E-state index contributed by atoms with van der Waals surface area (Å²) in [5.41, 5.74) is 1.33. The minimum atomic E-state index is -2.82. The van der Waals surface area contributed by atoms with Gasteiger partial charge in [-0.3, -0.25) is 0 Å². The number of alkyl halides is 2. The predicted octanol–water partition coefficient (Wildman–Crippen LogP) is 2.93. The SMILES string of the molecule is FC(F)Oc1cc(Br)c2nc[nH]c2c1. The normalized spacial score (nSPS) is 11.1. The van der Waals surface area contributed by atoms with E-state index >= 15 is 0 Å². The lowest BCUT2D eigenvalue weighted by atomic mass is 10.3. The number of hydrogen-bond acceptors (Lipinski definition) is 2. The third-order valence-corrected chi connectivity index (χ3v) is 2.28. The summed E-state index contributed by atoms with van der Waals surface area (Å²) in [7, 11) is 0. The maximum atomic E-state index is 11.9. The lowest BCUT2D eigenvalue weighted by molar-refractivity contribution is -0.0497. The molecule has 0 spiro atoms. The molecule has 1 heterocycles. The number of imidazole rings is 1. The summed E-state index contributed by atoms with van der Waals surface area (Å²) in [4.78, 5) is 6.80. The number of nitrogens with one attached hydrogen (secondary N) is 1. The van der Waals surface area contributed by atoms with E-state index in [2.05, 4.69) is 30.6 Å². The summed E-state index contributed by atoms with van der Waals surface area (Å²) >= 11 is 3.21. The van der Waals surface area contributed by atoms with Crippen molar-refractivity contribution in [2.75, 3.05) is 0 Å². The second-order valence-corrected chi connectivity index (χ2v) is 3.44. The zero-order chi connectivity index (χ0) is 10.1. The van der Waals surface area contributed by atoms with Crippen LogP contribution in [0.3, 0.4) is 0 Å². The predicted molar refractivity (Wildman–Crippen MR) is 50.4 cm³/mol. The molecule has 0 bridgehead atoms. The minimum Gasteiger partial charge on any atom is -0.435 e. The van der Waals surface area contributed by atoms with E-state index in [0.29, 0.717) is 15.5 Å². The Morgan fingerprint density at radius 2 is 2.21 bits per heavy atom. The lowest BCUT2D eigenvalue weighted by Crippen LogP contribution is -2.01. The van der Waals surface area contributed by atoms with Gasteiger partial charge in [-0.25, -0.2) is 4.98 Å². The van der Waals surface area contributed by atoms with Crippen LogP contribution < -0.4 is 4.74 Å². The zero-order valence-corrected chi connectivity index (χ0v) is 8.38. The van der Waals surface area contributed by atoms with E-state index in [9.17, 15) is 8.78 Å². The summed E-state index contributed by atoms with van der Waals surface area (Å²) in [5.74, 6) is 0.101. The number of nitrogens with zero attached hydrogens (tertiary/aromatic N) is 1. The molecule has 0 radical (unpaired) electrons. The van der Waals surface area contributed by atoms with Crippen LogP contribution in [0.1, 0.15) is 0 Å². The Morgan fingerprint density at radius 3 is 2.93 bits per heavy atom. The first-order chi connectivity index (χ1) is 6.66. The first kappa shape index (κ1) is 9.39. The highest BCUT2D eigenvalue weighted by Crippen LogP contribution is 2.27. The topological polar surface area (TPSA) is 37.9 Å². The third-order valence-electron chi connectivity index (χ3n) is 1.68. The van der Waals surface area contributed by atoms with Gasteiger partial charge in [0.05, 0.1) is 11.8 Å². The molecule has 0 unspecified atom stereocenters. The van der Waals surface area contributed by atoms with Crippen LogP contribution in [0.4, 0.5) is 8.78 Å². The number of aromatic nitrogens is 2. The summed E-state index contributed by atoms with van der Waals surface area (Å²) < 4.78 is 28.7. The van der Waals surface area contributed by atoms with Crippen LogP contribution in [0.25, 0.3) is 11.0 Å². The molecule has 3 nitrogen and oxygen atoms in total. The molecule has 1 N–H and O–H groups in total. The second-order valence-electron chi connectivity index (χ2n) is 2.58. The van der Waals surface area contributed by atoms with Crippen LogP contribution in [0.2, 0.25) is 0 Å². The van der Waals surface area contributed by atoms with Crippen molar-refractivity contribution in [1.29, 1.82) is 0 Å². The van der Waals surface area contributed by atoms with Gasteiger partial charge in [-0.05, 0) is 22.0 Å². The van der Waals surface area contributed by atoms with Gasteiger partial charge in [-0.2, -0.15) is 8.78 Å². The van der Waals surface area contributed by atoms with E-state index < -0.39 is 6.61 Å². The highest BCUT2D eigenvalue weighted by atomic mass is 79.9. The van der Waals surface area contributed by atoms with Crippen molar-refractivity contribution in [3.8, 4) is 5.75 Å². The van der Waals surface area contributed by atoms with Crippen LogP contribution in [0, 0.1) is 0 Å². The molecule has 1 aromatic heterocycles. The van der Waals surface area contributed by atoms with Gasteiger partial charge in [-0.15, -0.1) is 0 Å². The highest BCUT2D eigenvalue weighted by molar-refractivity contribution is 9.10. The number of H-pyrrole nitrogens is 1. The van der Waals surface area contributed by atoms with Gasteiger partial charge in [0.25, 0.3) is 0 Å². The average molecular weight is 263 g/mol. The fraction of sp³-hybridized carbons (Fsp3) is 0.125. The van der Waals surface area contributed by atoms with Gasteiger partial charge in [0.2, 0.25) is 0 Å². The van der Waals surface area contributed by atoms with Gasteiger partial charge in [0, 0.05) is 10.5 Å². The van der Waals surface area contributed by atoms with Crippen molar-refractivity contribution in [3.63, 3.8) is 0 Å². The Hall–Kier alpha value is -1.17. The Kier molecular flexibility index (Phi) is 2.37. The number of halogens is 3. The molecule has 14 heavy (non-hydrogen) atoms. The zero-order valence-electron chi connectivity index (χ0n) is 6.80. The van der Waals surface area contributed by atoms with E-state index in [0.717, 1.165) is 0 Å². The highest BCUT2D eigenvalue weighted by Gasteiger charge is 2.08. The molecule has 0 aliphatic rings. The number of fused-ring (bicyclic) bond motifs is 1. The van der Waals surface area contributed by atoms with Crippen molar-refractivity contribution in [2.24, 2.45) is 0 Å². The quantitative estimate of drug-likeness (QED) is 0.904. The maximum absolute atomic E-state index is 11.9. The maximum Gasteiger partial charge on any atom is 0.387 e. The van der Waals surface area contributed by atoms with E-state index in [4.69, 9.17) is 0 Å². The van der Waals surface area contributed by atoms with Gasteiger partial charge in [-0.1, -0.05) is 0 Å². The first-order valence-corrected chi connectivity index (χ1v) is 4.53. The summed E-state index contributed by atoms with van der Waals surface area (Å²) in [6.45, 7) is -2.82. The van der Waals surface area contributed by atoms with E-state index in [1.165, 1.54) is 18.5 Å². The molecular formula is C8H5BrF2N2O. The van der Waals surface area contributed by atoms with Crippen LogP contribution in [-0.2, 0) is 0 Å². The Balaban J connectivity index is 2.47. The van der Waals surface area contributed by atoms with Crippen LogP contribution in [0.5, 0.6) is 5.75 Å². The molecule has 0 aliphatic heterocycles. The molecule has 0 atom stereocenters. The average Bonchev–Trinajstić information content (AvgIpc) is 2.50. The summed E-state index contributed by atoms with van der Waals surface area (Å²) in [6, 6.07) is 2.93. The van der Waals surface area contributed by atoms with Crippen molar-refractivity contribution in [1.82, 2.24) is 9.97 Å². The van der Waals surface area contributed by atoms with Crippen molar-refractivity contribution in [2.45, 2.75) is 6.61 Å². The number of aromatic amines is 1. The second kappa shape index (κ2) is 3.53. The van der Waals surface area contributed by atoms with Gasteiger partial charge < -0.3 is 9.72 Å². The molecule has 0 saturated heterocycles. The van der Waals surface area contributed by atoms with Crippen molar-refractivity contribution < 1.29 is 13.5 Å². The molecule has 0 amide bonds. The lowest BCUT2D eigenvalue weighted by Gasteiger charge is -2.04. The number of ether oxygens (including phenoxy) is 1. The molecule has 2 rings (SSSR count). The largest absolute Gasteiger partial charge is 0.435 e. The Labute approximate surface area is 86.2 Å². The van der Waals surface area contributed by atoms with E-state index in [1.807, 2.05) is 0 Å². The summed E-state index contributed by atoms with van der Waals surface area (Å²) in [6.07, 6.45) is 1.49. The van der Waals surface area contributed by atoms with Crippen LogP contribution in [0.15, 0.2) is 22.9 Å². The number of benzene rings is 1. The van der Waals surface area contributed by atoms with E-state index in [1.54, 1.807) is 0 Å². The molecule has 0 fully saturated rings. The molecule has 6 heteroatoms.